The normalized spacial score (nSPS) is 12.9. The Morgan fingerprint density at radius 1 is 0.600 bits per heavy atom. The summed E-state index contributed by atoms with van der Waals surface area (Å²) in [6.07, 6.45) is 0.0586. The van der Waals surface area contributed by atoms with Crippen molar-refractivity contribution in [3.05, 3.63) is 125 Å². The summed E-state index contributed by atoms with van der Waals surface area (Å²) in [7, 11) is 0. The number of nitrogens with two attached hydrogens (primary N) is 2. The van der Waals surface area contributed by atoms with Crippen LogP contribution in [0, 0.1) is 6.92 Å². The van der Waals surface area contributed by atoms with Crippen LogP contribution in [0.5, 0.6) is 0 Å². The molecule has 0 saturated heterocycles. The van der Waals surface area contributed by atoms with Crippen molar-refractivity contribution in [2.24, 2.45) is 11.5 Å². The van der Waals surface area contributed by atoms with Crippen LogP contribution in [0.3, 0.4) is 0 Å². The highest BCUT2D eigenvalue weighted by atomic mass is 16.6. The van der Waals surface area contributed by atoms with Gasteiger partial charge >= 0.3 is 12.2 Å². The number of rotatable bonds is 17. The molecule has 4 atom stereocenters. The Morgan fingerprint density at radius 3 is 1.58 bits per heavy atom. The van der Waals surface area contributed by atoms with Gasteiger partial charge in [-0.1, -0.05) is 85.6 Å². The van der Waals surface area contributed by atoms with Crippen molar-refractivity contribution < 1.29 is 33.4 Å². The SMILES string of the molecule is CCCC(N)[C@H](NC(=O)C(Cc1ccccc1)NC(=O)[C@@H](C)N)C(=O)Nc1ccc(COC(=O)Nc2ccc(COC(=O)Nc3ccc(C)cc3)cc2)cc1. The van der Waals surface area contributed by atoms with Crippen molar-refractivity contribution in [2.75, 3.05) is 16.0 Å². The Hall–Kier alpha value is -6.25. The molecule has 0 saturated carbocycles. The topological polar surface area (TPSA) is 216 Å². The van der Waals surface area contributed by atoms with Crippen LogP contribution in [0.2, 0.25) is 0 Å². The van der Waals surface area contributed by atoms with Crippen LogP contribution < -0.4 is 38.1 Å². The van der Waals surface area contributed by atoms with Gasteiger partial charge in [-0.05, 0) is 73.4 Å². The molecule has 55 heavy (non-hydrogen) atoms. The molecule has 0 radical (unpaired) electrons. The molecule has 4 rings (SSSR count). The Bertz CT molecular complexity index is 1870. The van der Waals surface area contributed by atoms with Gasteiger partial charge < -0.3 is 36.9 Å². The van der Waals surface area contributed by atoms with E-state index in [0.29, 0.717) is 35.5 Å². The maximum Gasteiger partial charge on any atom is 0.411 e. The van der Waals surface area contributed by atoms with E-state index in [2.05, 4.69) is 26.6 Å². The highest BCUT2D eigenvalue weighted by Gasteiger charge is 2.31. The summed E-state index contributed by atoms with van der Waals surface area (Å²) < 4.78 is 10.6. The first-order chi connectivity index (χ1) is 26.4. The molecule has 0 aliphatic carbocycles. The molecule has 0 aliphatic heterocycles. The number of benzene rings is 4. The zero-order valence-corrected chi connectivity index (χ0v) is 31.2. The zero-order valence-electron chi connectivity index (χ0n) is 31.2. The highest BCUT2D eigenvalue weighted by Crippen LogP contribution is 2.16. The third-order valence-electron chi connectivity index (χ3n) is 8.42. The van der Waals surface area contributed by atoms with Crippen molar-refractivity contribution >= 4 is 47.0 Å². The lowest BCUT2D eigenvalue weighted by atomic mass is 10.0. The third kappa shape index (κ3) is 13.9. The van der Waals surface area contributed by atoms with Gasteiger partial charge in [0.1, 0.15) is 25.3 Å². The van der Waals surface area contributed by atoms with Gasteiger partial charge in [-0.15, -0.1) is 0 Å². The molecule has 14 nitrogen and oxygen atoms in total. The minimum absolute atomic E-state index is 0.0436. The van der Waals surface area contributed by atoms with Crippen LogP contribution in [-0.4, -0.2) is 54.1 Å². The van der Waals surface area contributed by atoms with E-state index in [0.717, 1.165) is 16.7 Å². The predicted molar refractivity (Wildman–Crippen MR) is 211 cm³/mol. The molecule has 9 N–H and O–H groups in total. The molecule has 0 fully saturated rings. The van der Waals surface area contributed by atoms with Crippen molar-refractivity contribution in [3.63, 3.8) is 0 Å². The van der Waals surface area contributed by atoms with Gasteiger partial charge in [-0.3, -0.25) is 25.0 Å². The summed E-state index contributed by atoms with van der Waals surface area (Å²) in [6.45, 7) is 5.39. The standard InChI is InChI=1S/C41H49N7O7/c1-4-8-34(43)36(48-38(50)35(47-37(49)27(3)42)23-28-9-6-5-7-10-28)39(51)44-31-19-13-29(14-20-31)24-55-41(53)46-33-21-15-30(16-22-33)25-54-40(52)45-32-17-11-26(2)12-18-32/h5-7,9-22,27,34-36H,4,8,23-25,42-43H2,1-3H3,(H,44,51)(H,45,52)(H,46,53)(H,47,49)(H,48,50)/t27-,34?,35?,36+/m1/s1. The molecule has 0 aliphatic rings. The van der Waals surface area contributed by atoms with E-state index in [1.54, 1.807) is 60.7 Å². The summed E-state index contributed by atoms with van der Waals surface area (Å²) in [6, 6.07) is 26.3. The highest BCUT2D eigenvalue weighted by molar-refractivity contribution is 5.99. The molecule has 2 unspecified atom stereocenters. The number of anilines is 3. The zero-order chi connectivity index (χ0) is 39.7. The number of nitrogens with one attached hydrogen (secondary N) is 5. The summed E-state index contributed by atoms with van der Waals surface area (Å²) in [5.74, 6) is -1.61. The predicted octanol–water partition coefficient (Wildman–Crippen LogP) is 5.12. The first kappa shape index (κ1) is 41.5. The van der Waals surface area contributed by atoms with Gasteiger partial charge in [0, 0.05) is 29.5 Å². The van der Waals surface area contributed by atoms with E-state index >= 15 is 0 Å². The second-order valence-electron chi connectivity index (χ2n) is 13.1. The second-order valence-corrected chi connectivity index (χ2v) is 13.1. The fourth-order valence-electron chi connectivity index (χ4n) is 5.31. The maximum absolute atomic E-state index is 13.5. The summed E-state index contributed by atoms with van der Waals surface area (Å²) in [5.41, 5.74) is 17.0. The van der Waals surface area contributed by atoms with Crippen LogP contribution in [0.25, 0.3) is 0 Å². The lowest BCUT2D eigenvalue weighted by molar-refractivity contribution is -0.131. The summed E-state index contributed by atoms with van der Waals surface area (Å²) in [4.78, 5) is 64.1. The van der Waals surface area contributed by atoms with Crippen molar-refractivity contribution in [1.29, 1.82) is 0 Å². The number of amides is 5. The first-order valence-corrected chi connectivity index (χ1v) is 18.0. The molecule has 0 spiro atoms. The monoisotopic (exact) mass is 751 g/mol. The minimum atomic E-state index is -1.10. The molecule has 290 valence electrons. The van der Waals surface area contributed by atoms with Crippen LogP contribution in [0.15, 0.2) is 103 Å². The van der Waals surface area contributed by atoms with E-state index < -0.39 is 54.1 Å². The van der Waals surface area contributed by atoms with Crippen molar-refractivity contribution in [3.8, 4) is 0 Å². The maximum atomic E-state index is 13.5. The van der Waals surface area contributed by atoms with Gasteiger partial charge in [0.15, 0.2) is 0 Å². The van der Waals surface area contributed by atoms with Crippen LogP contribution in [0.1, 0.15) is 48.9 Å². The van der Waals surface area contributed by atoms with Crippen molar-refractivity contribution in [2.45, 2.75) is 77.4 Å². The van der Waals surface area contributed by atoms with Gasteiger partial charge in [0.2, 0.25) is 17.7 Å². The first-order valence-electron chi connectivity index (χ1n) is 18.0. The average molecular weight is 752 g/mol. The van der Waals surface area contributed by atoms with Gasteiger partial charge in [-0.25, -0.2) is 9.59 Å². The molecule has 0 heterocycles. The third-order valence-corrected chi connectivity index (χ3v) is 8.42. The van der Waals surface area contributed by atoms with E-state index in [1.807, 2.05) is 56.3 Å². The second kappa shape index (κ2) is 20.8. The molecular formula is C41H49N7O7. The van der Waals surface area contributed by atoms with E-state index in [4.69, 9.17) is 20.9 Å². The van der Waals surface area contributed by atoms with Crippen LogP contribution in [0.4, 0.5) is 26.7 Å². The molecule has 0 bridgehead atoms. The fourth-order valence-corrected chi connectivity index (χ4v) is 5.31. The number of hydrogen-bond acceptors (Lipinski definition) is 9. The smallest absolute Gasteiger partial charge is 0.411 e. The molecular weight excluding hydrogens is 702 g/mol. The number of aryl methyl sites for hydroxylation is 1. The van der Waals surface area contributed by atoms with Gasteiger partial charge in [-0.2, -0.15) is 0 Å². The average Bonchev–Trinajstić information content (AvgIpc) is 3.17. The Labute approximate surface area is 320 Å². The molecule has 4 aromatic carbocycles. The summed E-state index contributed by atoms with van der Waals surface area (Å²) in [5, 5.41) is 13.6. The minimum Gasteiger partial charge on any atom is -0.444 e. The Kier molecular flexibility index (Phi) is 15.7. The molecule has 4 aromatic rings. The molecule has 5 amide bonds. The van der Waals surface area contributed by atoms with Gasteiger partial charge in [0.05, 0.1) is 6.04 Å². The Balaban J connectivity index is 1.27. The lowest BCUT2D eigenvalue weighted by Gasteiger charge is -2.27. The quantitative estimate of drug-likeness (QED) is 0.0761. The molecule has 14 heteroatoms. The number of ether oxygens (including phenoxy) is 2. The van der Waals surface area contributed by atoms with Gasteiger partial charge in [0.25, 0.3) is 0 Å². The number of hydrogen-bond donors (Lipinski definition) is 7. The van der Waals surface area contributed by atoms with E-state index in [9.17, 15) is 24.0 Å². The number of carbonyl (C=O) groups is 5. The lowest BCUT2D eigenvalue weighted by Crippen LogP contribution is -2.59. The Morgan fingerprint density at radius 2 is 1.09 bits per heavy atom. The van der Waals surface area contributed by atoms with Crippen LogP contribution in [-0.2, 0) is 43.5 Å². The van der Waals surface area contributed by atoms with E-state index in [-0.39, 0.29) is 19.6 Å². The largest absolute Gasteiger partial charge is 0.444 e. The van der Waals surface area contributed by atoms with Crippen molar-refractivity contribution in [1.82, 2.24) is 10.6 Å². The van der Waals surface area contributed by atoms with E-state index in [1.165, 1.54) is 6.92 Å². The fraction of sp³-hybridized carbons (Fsp3) is 0.293. The molecule has 0 aromatic heterocycles. The summed E-state index contributed by atoms with van der Waals surface area (Å²) >= 11 is 0. The van der Waals surface area contributed by atoms with Crippen LogP contribution >= 0.6 is 0 Å². The number of carbonyl (C=O) groups excluding carboxylic acids is 5.